The number of aldehydes is 1. The number of likely N-dealkylation sites (N-methyl/N-ethyl adjacent to an activating group) is 1. The van der Waals surface area contributed by atoms with Gasteiger partial charge in [0.1, 0.15) is 6.29 Å². The highest BCUT2D eigenvalue weighted by Gasteiger charge is 2.39. The molecule has 4 atom stereocenters. The van der Waals surface area contributed by atoms with Crippen molar-refractivity contribution in [2.45, 2.75) is 44.3 Å². The van der Waals surface area contributed by atoms with Crippen LogP contribution in [0.2, 0.25) is 0 Å². The van der Waals surface area contributed by atoms with Gasteiger partial charge in [-0.25, -0.2) is 0 Å². The number of rotatable bonds is 7. The van der Waals surface area contributed by atoms with E-state index in [0.29, 0.717) is 24.4 Å². The Hall–Kier alpha value is -1.63. The van der Waals surface area contributed by atoms with E-state index in [4.69, 9.17) is 15.2 Å². The van der Waals surface area contributed by atoms with Gasteiger partial charge in [0, 0.05) is 44.2 Å². The fraction of sp³-hybridized carbons (Fsp3) is 0.667. The maximum absolute atomic E-state index is 10.8. The van der Waals surface area contributed by atoms with Crippen molar-refractivity contribution in [1.29, 1.82) is 0 Å². The van der Waals surface area contributed by atoms with Crippen molar-refractivity contribution >= 4 is 6.29 Å². The van der Waals surface area contributed by atoms with E-state index in [1.54, 1.807) is 14.2 Å². The molecule has 1 aromatic rings. The van der Waals surface area contributed by atoms with Gasteiger partial charge in [-0.15, -0.1) is 0 Å². The zero-order valence-corrected chi connectivity index (χ0v) is 17.0. The number of methoxy groups -OCH3 is 2. The number of ether oxygens (including phenoxy) is 2. The fourth-order valence-electron chi connectivity index (χ4n) is 4.70. The van der Waals surface area contributed by atoms with Gasteiger partial charge >= 0.3 is 0 Å². The molecule has 6 nitrogen and oxygen atoms in total. The van der Waals surface area contributed by atoms with Crippen molar-refractivity contribution < 1.29 is 14.3 Å². The minimum absolute atomic E-state index is 0.110. The Kier molecular flexibility index (Phi) is 6.40. The Morgan fingerprint density at radius 2 is 2.04 bits per heavy atom. The molecule has 2 aliphatic rings. The van der Waals surface area contributed by atoms with Crippen LogP contribution in [0, 0.1) is 5.92 Å². The quantitative estimate of drug-likeness (QED) is 0.734. The molecule has 6 heteroatoms. The molecule has 27 heavy (non-hydrogen) atoms. The highest BCUT2D eigenvalue weighted by Crippen LogP contribution is 2.42. The Bertz CT molecular complexity index is 666. The van der Waals surface area contributed by atoms with Crippen molar-refractivity contribution in [2.24, 2.45) is 11.7 Å². The molecule has 2 N–H and O–H groups in total. The molecule has 0 bridgehead atoms. The van der Waals surface area contributed by atoms with Gasteiger partial charge in [0.15, 0.2) is 11.5 Å². The number of hydrogen-bond donors (Lipinski definition) is 1. The van der Waals surface area contributed by atoms with Crippen LogP contribution in [-0.4, -0.2) is 69.1 Å². The number of nitrogens with zero attached hydrogens (tertiary/aromatic N) is 2. The van der Waals surface area contributed by atoms with Crippen molar-refractivity contribution in [2.75, 3.05) is 40.9 Å². The van der Waals surface area contributed by atoms with Gasteiger partial charge in [-0.2, -0.15) is 0 Å². The molecular weight excluding hydrogens is 342 g/mol. The average Bonchev–Trinajstić information content (AvgIpc) is 2.66. The Morgan fingerprint density at radius 1 is 1.33 bits per heavy atom. The molecule has 1 fully saturated rings. The summed E-state index contributed by atoms with van der Waals surface area (Å²) < 4.78 is 11.0. The molecule has 0 aromatic heterocycles. The topological polar surface area (TPSA) is 68.0 Å². The van der Waals surface area contributed by atoms with Gasteiger partial charge in [-0.05, 0) is 49.1 Å². The van der Waals surface area contributed by atoms with E-state index in [1.807, 2.05) is 0 Å². The smallest absolute Gasteiger partial charge is 0.161 e. The summed E-state index contributed by atoms with van der Waals surface area (Å²) in [5.74, 6) is 1.94. The lowest BCUT2D eigenvalue weighted by atomic mass is 9.82. The second-order valence-electron chi connectivity index (χ2n) is 8.08. The monoisotopic (exact) mass is 375 g/mol. The van der Waals surface area contributed by atoms with E-state index >= 15 is 0 Å². The molecule has 0 radical (unpaired) electrons. The molecule has 0 aliphatic carbocycles. The van der Waals surface area contributed by atoms with Gasteiger partial charge in [-0.1, -0.05) is 6.92 Å². The van der Waals surface area contributed by atoms with Crippen LogP contribution < -0.4 is 15.2 Å². The number of fused-ring (bicyclic) bond motifs is 3. The van der Waals surface area contributed by atoms with Crippen molar-refractivity contribution in [3.63, 3.8) is 0 Å². The predicted molar refractivity (Wildman–Crippen MR) is 106 cm³/mol. The summed E-state index contributed by atoms with van der Waals surface area (Å²) in [7, 11) is 5.50. The minimum Gasteiger partial charge on any atom is -0.493 e. The normalized spacial score (nSPS) is 26.2. The summed E-state index contributed by atoms with van der Waals surface area (Å²) in [6.07, 6.45) is 3.56. The Labute approximate surface area is 162 Å². The van der Waals surface area contributed by atoms with Gasteiger partial charge in [0.05, 0.1) is 14.2 Å². The summed E-state index contributed by atoms with van der Waals surface area (Å²) in [5, 5.41) is 0. The molecule has 1 aromatic carbocycles. The van der Waals surface area contributed by atoms with Gasteiger partial charge < -0.3 is 24.9 Å². The van der Waals surface area contributed by atoms with Crippen molar-refractivity contribution in [3.05, 3.63) is 23.3 Å². The van der Waals surface area contributed by atoms with Gasteiger partial charge in [0.25, 0.3) is 0 Å². The zero-order valence-electron chi connectivity index (χ0n) is 17.0. The SMILES string of the molecule is COc1cc2c(cc1OC)C1CC(N)C(N(C)C[C@H](C)CC=O)CN1CC2. The van der Waals surface area contributed by atoms with Crippen LogP contribution in [-0.2, 0) is 11.2 Å². The number of hydrogen-bond acceptors (Lipinski definition) is 6. The molecule has 150 valence electrons. The third-order valence-electron chi connectivity index (χ3n) is 6.19. The number of carbonyl (C=O) groups is 1. The lowest BCUT2D eigenvalue weighted by molar-refractivity contribution is -0.108. The van der Waals surface area contributed by atoms with Crippen LogP contribution in [0.15, 0.2) is 12.1 Å². The van der Waals surface area contributed by atoms with E-state index in [1.165, 1.54) is 11.1 Å². The highest BCUT2D eigenvalue weighted by atomic mass is 16.5. The zero-order chi connectivity index (χ0) is 19.6. The Balaban J connectivity index is 1.77. The van der Waals surface area contributed by atoms with E-state index < -0.39 is 0 Å². The van der Waals surface area contributed by atoms with Crippen LogP contribution in [0.25, 0.3) is 0 Å². The third-order valence-corrected chi connectivity index (χ3v) is 6.19. The first-order valence-electron chi connectivity index (χ1n) is 9.86. The van der Waals surface area contributed by atoms with Crippen LogP contribution >= 0.6 is 0 Å². The van der Waals surface area contributed by atoms with Gasteiger partial charge in [0.2, 0.25) is 0 Å². The standard InChI is InChI=1S/C21H33N3O3/c1-14(6-8-25)12-23(2)19-13-24-7-5-15-9-20(26-3)21(27-4)10-16(15)18(24)11-17(19)22/h8-10,14,17-19H,5-7,11-13,22H2,1-4H3/t14-,17?,18?,19?/m1/s1. The van der Waals surface area contributed by atoms with E-state index in [0.717, 1.165) is 50.3 Å². The molecule has 2 heterocycles. The molecule has 0 saturated carbocycles. The second-order valence-corrected chi connectivity index (χ2v) is 8.08. The number of piperidine rings is 1. The summed E-state index contributed by atoms with van der Waals surface area (Å²) >= 11 is 0. The molecule has 0 spiro atoms. The second kappa shape index (κ2) is 8.59. The molecule has 1 saturated heterocycles. The fourth-order valence-corrected chi connectivity index (χ4v) is 4.70. The number of benzene rings is 1. The van der Waals surface area contributed by atoms with E-state index in [2.05, 4.69) is 35.9 Å². The van der Waals surface area contributed by atoms with Crippen LogP contribution in [0.5, 0.6) is 11.5 Å². The maximum atomic E-state index is 10.8. The first kappa shape index (κ1) is 20.1. The lowest BCUT2D eigenvalue weighted by Crippen LogP contribution is -2.59. The molecule has 2 aliphatic heterocycles. The van der Waals surface area contributed by atoms with Crippen LogP contribution in [0.4, 0.5) is 0 Å². The number of carbonyl (C=O) groups excluding carboxylic acids is 1. The average molecular weight is 376 g/mol. The summed E-state index contributed by atoms with van der Waals surface area (Å²) in [4.78, 5) is 15.7. The first-order chi connectivity index (χ1) is 13.0. The minimum atomic E-state index is 0.110. The molecule has 3 unspecified atom stereocenters. The molecular formula is C21H33N3O3. The summed E-state index contributed by atoms with van der Waals surface area (Å²) in [6, 6.07) is 5.01. The summed E-state index contributed by atoms with van der Waals surface area (Å²) in [5.41, 5.74) is 9.29. The third kappa shape index (κ3) is 4.13. The van der Waals surface area contributed by atoms with Gasteiger partial charge in [-0.3, -0.25) is 4.90 Å². The number of nitrogens with two attached hydrogens (primary N) is 1. The predicted octanol–water partition coefficient (Wildman–Crippen LogP) is 1.86. The van der Waals surface area contributed by atoms with Crippen LogP contribution in [0.3, 0.4) is 0 Å². The van der Waals surface area contributed by atoms with E-state index in [-0.39, 0.29) is 6.04 Å². The van der Waals surface area contributed by atoms with Crippen molar-refractivity contribution in [1.82, 2.24) is 9.80 Å². The van der Waals surface area contributed by atoms with Crippen LogP contribution in [0.1, 0.15) is 36.9 Å². The summed E-state index contributed by atoms with van der Waals surface area (Å²) in [6.45, 7) is 5.02. The lowest BCUT2D eigenvalue weighted by Gasteiger charge is -2.49. The van der Waals surface area contributed by atoms with Crippen molar-refractivity contribution in [3.8, 4) is 11.5 Å². The Morgan fingerprint density at radius 3 is 2.70 bits per heavy atom. The first-order valence-corrected chi connectivity index (χ1v) is 9.86. The van der Waals surface area contributed by atoms with E-state index in [9.17, 15) is 4.79 Å². The molecule has 3 rings (SSSR count). The largest absolute Gasteiger partial charge is 0.493 e. The molecule has 0 amide bonds. The highest BCUT2D eigenvalue weighted by molar-refractivity contribution is 5.50. The maximum Gasteiger partial charge on any atom is 0.161 e.